The summed E-state index contributed by atoms with van der Waals surface area (Å²) in [6.07, 6.45) is 0.990. The third kappa shape index (κ3) is 5.41. The van der Waals surface area contributed by atoms with Crippen LogP contribution in [0.1, 0.15) is 51.3 Å². The molecular weight excluding hydrogens is 323 g/mol. The third-order valence-electron chi connectivity index (χ3n) is 4.28. The second-order valence-corrected chi connectivity index (χ2v) is 10.1. The largest absolute Gasteiger partial charge is 0.348 e. The number of para-hydroxylation sites is 1. The van der Waals surface area contributed by atoms with Gasteiger partial charge in [-0.1, -0.05) is 82.6 Å². The van der Waals surface area contributed by atoms with E-state index in [0.717, 1.165) is 23.5 Å². The molecule has 2 aromatic rings. The highest BCUT2D eigenvalue weighted by atomic mass is 31.1. The molecular formula is C22H31N2P. The monoisotopic (exact) mass is 354 g/mol. The SMILES string of the molecule is CCc1ccccc1/N=C(/NP(C(C)C)C(C)C)c1ccc(C)cc1. The molecule has 0 saturated carbocycles. The average Bonchev–Trinajstić information content (AvgIpc) is 2.59. The van der Waals surface area contributed by atoms with Gasteiger partial charge in [-0.2, -0.15) is 0 Å². The maximum atomic E-state index is 5.06. The van der Waals surface area contributed by atoms with E-state index in [4.69, 9.17) is 4.99 Å². The fraction of sp³-hybridized carbons (Fsp3) is 0.409. The number of amidine groups is 1. The molecule has 0 fully saturated rings. The number of nitrogens with one attached hydrogen (secondary N) is 1. The lowest BCUT2D eigenvalue weighted by Crippen LogP contribution is -2.26. The van der Waals surface area contributed by atoms with Gasteiger partial charge in [0.15, 0.2) is 0 Å². The van der Waals surface area contributed by atoms with Gasteiger partial charge in [-0.25, -0.2) is 4.99 Å². The fourth-order valence-corrected chi connectivity index (χ4v) is 5.01. The highest BCUT2D eigenvalue weighted by Gasteiger charge is 2.19. The summed E-state index contributed by atoms with van der Waals surface area (Å²) in [5.74, 6) is 0.995. The molecule has 0 saturated heterocycles. The zero-order chi connectivity index (χ0) is 18.4. The van der Waals surface area contributed by atoms with Gasteiger partial charge in [0.2, 0.25) is 0 Å². The number of hydrogen-bond donors (Lipinski definition) is 1. The molecule has 0 aliphatic rings. The molecule has 3 heteroatoms. The first-order valence-corrected chi connectivity index (χ1v) is 10.7. The summed E-state index contributed by atoms with van der Waals surface area (Å²) in [6.45, 7) is 13.5. The topological polar surface area (TPSA) is 24.4 Å². The smallest absolute Gasteiger partial charge is 0.137 e. The second-order valence-electron chi connectivity index (χ2n) is 7.02. The van der Waals surface area contributed by atoms with E-state index in [2.05, 4.69) is 95.2 Å². The van der Waals surface area contributed by atoms with Gasteiger partial charge in [-0.3, -0.25) is 0 Å². The molecule has 25 heavy (non-hydrogen) atoms. The highest BCUT2D eigenvalue weighted by Crippen LogP contribution is 2.42. The van der Waals surface area contributed by atoms with E-state index in [1.807, 2.05) is 0 Å². The Morgan fingerprint density at radius 1 is 0.960 bits per heavy atom. The molecule has 0 unspecified atom stereocenters. The zero-order valence-corrected chi connectivity index (χ0v) is 17.3. The molecule has 134 valence electrons. The predicted molar refractivity (Wildman–Crippen MR) is 114 cm³/mol. The van der Waals surface area contributed by atoms with Crippen LogP contribution >= 0.6 is 8.07 Å². The Balaban J connectivity index is 2.48. The molecule has 2 rings (SSSR count). The fourth-order valence-electron chi connectivity index (χ4n) is 2.88. The summed E-state index contributed by atoms with van der Waals surface area (Å²) in [5.41, 5.74) is 5.99. The maximum absolute atomic E-state index is 5.06. The van der Waals surface area contributed by atoms with Crippen LogP contribution in [0, 0.1) is 6.92 Å². The highest BCUT2D eigenvalue weighted by molar-refractivity contribution is 7.57. The molecule has 0 spiro atoms. The number of hydrogen-bond acceptors (Lipinski definition) is 1. The minimum Gasteiger partial charge on any atom is -0.348 e. The van der Waals surface area contributed by atoms with Crippen LogP contribution < -0.4 is 5.09 Å². The Labute approximate surface area is 154 Å². The lowest BCUT2D eigenvalue weighted by atomic mass is 10.1. The average molecular weight is 354 g/mol. The molecule has 2 aromatic carbocycles. The van der Waals surface area contributed by atoms with Gasteiger partial charge in [0.1, 0.15) is 5.84 Å². The Kier molecular flexibility index (Phi) is 7.20. The van der Waals surface area contributed by atoms with Crippen molar-refractivity contribution >= 4 is 19.6 Å². The van der Waals surface area contributed by atoms with Crippen LogP contribution in [0.5, 0.6) is 0 Å². The van der Waals surface area contributed by atoms with Crippen LogP contribution in [-0.2, 0) is 6.42 Å². The first kappa shape index (κ1) is 19.7. The van der Waals surface area contributed by atoms with Crippen molar-refractivity contribution in [3.05, 3.63) is 65.2 Å². The lowest BCUT2D eigenvalue weighted by molar-refractivity contribution is 0.990. The molecule has 2 nitrogen and oxygen atoms in total. The standard InChI is InChI=1S/C22H31N2P/c1-7-19-10-8-9-11-21(19)23-22(20-14-12-18(6)13-15-20)24-25(16(2)3)17(4)5/h8-17H,7H2,1-6H3,(H,23,24). The molecule has 0 aliphatic heterocycles. The first-order chi connectivity index (χ1) is 11.9. The Morgan fingerprint density at radius 2 is 1.56 bits per heavy atom. The molecule has 1 N–H and O–H groups in total. The van der Waals surface area contributed by atoms with Gasteiger partial charge in [-0.15, -0.1) is 0 Å². The number of benzene rings is 2. The van der Waals surface area contributed by atoms with Crippen molar-refractivity contribution in [1.82, 2.24) is 5.09 Å². The minimum absolute atomic E-state index is 0.340. The molecule has 0 aliphatic carbocycles. The lowest BCUT2D eigenvalue weighted by Gasteiger charge is -2.28. The molecule has 0 aromatic heterocycles. The van der Waals surface area contributed by atoms with Gasteiger partial charge in [0.25, 0.3) is 0 Å². The van der Waals surface area contributed by atoms with Gasteiger partial charge in [-0.05, 0) is 44.4 Å². The number of aryl methyl sites for hydroxylation is 2. The van der Waals surface area contributed by atoms with Crippen LogP contribution in [0.25, 0.3) is 0 Å². The van der Waals surface area contributed by atoms with Crippen LogP contribution in [0.3, 0.4) is 0 Å². The number of aliphatic imine (C=N–C) groups is 1. The van der Waals surface area contributed by atoms with Gasteiger partial charge in [0, 0.05) is 5.56 Å². The van der Waals surface area contributed by atoms with Crippen molar-refractivity contribution in [2.75, 3.05) is 0 Å². The van der Waals surface area contributed by atoms with Gasteiger partial charge >= 0.3 is 0 Å². The van der Waals surface area contributed by atoms with Crippen molar-refractivity contribution in [3.8, 4) is 0 Å². The maximum Gasteiger partial charge on any atom is 0.137 e. The number of rotatable bonds is 6. The van der Waals surface area contributed by atoms with Crippen molar-refractivity contribution in [1.29, 1.82) is 0 Å². The van der Waals surface area contributed by atoms with Crippen molar-refractivity contribution < 1.29 is 0 Å². The zero-order valence-electron chi connectivity index (χ0n) is 16.4. The summed E-state index contributed by atoms with van der Waals surface area (Å²) >= 11 is 0. The summed E-state index contributed by atoms with van der Waals surface area (Å²) in [5, 5.41) is 3.80. The Hall–Kier alpha value is -1.66. The van der Waals surface area contributed by atoms with Gasteiger partial charge < -0.3 is 5.09 Å². The van der Waals surface area contributed by atoms with E-state index >= 15 is 0 Å². The van der Waals surface area contributed by atoms with Crippen LogP contribution in [0.2, 0.25) is 0 Å². The normalized spacial score (nSPS) is 12.3. The van der Waals surface area contributed by atoms with Crippen molar-refractivity contribution in [2.24, 2.45) is 4.99 Å². The van der Waals surface area contributed by atoms with E-state index < -0.39 is 0 Å². The minimum atomic E-state index is -0.340. The molecule has 0 amide bonds. The second kappa shape index (κ2) is 9.15. The molecule has 0 atom stereocenters. The van der Waals surface area contributed by atoms with E-state index in [9.17, 15) is 0 Å². The van der Waals surface area contributed by atoms with Crippen LogP contribution in [0.15, 0.2) is 53.5 Å². The summed E-state index contributed by atoms with van der Waals surface area (Å²) in [4.78, 5) is 5.06. The third-order valence-corrected chi connectivity index (χ3v) is 6.97. The first-order valence-electron chi connectivity index (χ1n) is 9.21. The molecule has 0 bridgehead atoms. The summed E-state index contributed by atoms with van der Waals surface area (Å²) < 4.78 is 0. The molecule has 0 radical (unpaired) electrons. The Bertz CT molecular complexity index is 694. The van der Waals surface area contributed by atoms with Crippen LogP contribution in [0.4, 0.5) is 5.69 Å². The predicted octanol–water partition coefficient (Wildman–Crippen LogP) is 6.44. The van der Waals surface area contributed by atoms with Crippen molar-refractivity contribution in [2.45, 2.75) is 59.3 Å². The van der Waals surface area contributed by atoms with E-state index in [1.54, 1.807) is 0 Å². The van der Waals surface area contributed by atoms with Crippen molar-refractivity contribution in [3.63, 3.8) is 0 Å². The van der Waals surface area contributed by atoms with E-state index in [-0.39, 0.29) is 8.07 Å². The summed E-state index contributed by atoms with van der Waals surface area (Å²) in [7, 11) is -0.340. The van der Waals surface area contributed by atoms with E-state index in [1.165, 1.54) is 11.1 Å². The van der Waals surface area contributed by atoms with E-state index in [0.29, 0.717) is 11.3 Å². The molecule has 0 heterocycles. The van der Waals surface area contributed by atoms with Gasteiger partial charge in [0.05, 0.1) is 5.69 Å². The van der Waals surface area contributed by atoms with Crippen LogP contribution in [-0.4, -0.2) is 17.2 Å². The quantitative estimate of drug-likeness (QED) is 0.360. The summed E-state index contributed by atoms with van der Waals surface area (Å²) in [6, 6.07) is 17.1. The number of nitrogens with zero attached hydrogens (tertiary/aromatic N) is 1. The Morgan fingerprint density at radius 3 is 2.12 bits per heavy atom.